The summed E-state index contributed by atoms with van der Waals surface area (Å²) < 4.78 is 10.9. The number of hydrogen-bond donors (Lipinski definition) is 2. The Hall–Kier alpha value is -3.50. The molecule has 0 aliphatic heterocycles. The van der Waals surface area contributed by atoms with Crippen molar-refractivity contribution in [3.05, 3.63) is 60.8 Å². The van der Waals surface area contributed by atoms with Crippen LogP contribution in [0.4, 0.5) is 0 Å². The van der Waals surface area contributed by atoms with Gasteiger partial charge in [-0.3, -0.25) is 9.97 Å². The smallest absolute Gasteiger partial charge is 0.248 e. The summed E-state index contributed by atoms with van der Waals surface area (Å²) in [6.07, 6.45) is 5.06. The van der Waals surface area contributed by atoms with Gasteiger partial charge in [-0.1, -0.05) is 41.5 Å². The topological polar surface area (TPSA) is 144 Å². The van der Waals surface area contributed by atoms with Crippen molar-refractivity contribution in [2.24, 2.45) is 10.8 Å². The van der Waals surface area contributed by atoms with E-state index in [-0.39, 0.29) is 22.6 Å². The van der Waals surface area contributed by atoms with Crippen LogP contribution >= 0.6 is 0 Å². The van der Waals surface area contributed by atoms with Gasteiger partial charge >= 0.3 is 0 Å². The van der Waals surface area contributed by atoms with Crippen LogP contribution < -0.4 is 0 Å². The Morgan fingerprint density at radius 2 is 0.912 bits per heavy atom. The summed E-state index contributed by atoms with van der Waals surface area (Å²) in [5, 5.41) is 35.6. The van der Waals surface area contributed by atoms with E-state index >= 15 is 0 Å². The molecule has 180 valence electrons. The van der Waals surface area contributed by atoms with Crippen molar-refractivity contribution in [2.75, 3.05) is 0 Å². The summed E-state index contributed by atoms with van der Waals surface area (Å²) in [6.45, 7) is 11.5. The lowest BCUT2D eigenvalue weighted by atomic mass is 9.89. The Kier molecular flexibility index (Phi) is 7.53. The third kappa shape index (κ3) is 6.30. The lowest BCUT2D eigenvalue weighted by Gasteiger charge is -2.22. The second-order valence-electron chi connectivity index (χ2n) is 9.90. The van der Waals surface area contributed by atoms with Gasteiger partial charge in [-0.15, -0.1) is 20.4 Å². The molecule has 0 bridgehead atoms. The summed E-state index contributed by atoms with van der Waals surface area (Å²) >= 11 is 0. The SMILES string of the molecule is CC(C)(C)[C@@H](O)c1nnc(-c2ccncc2)o1.CC(C)(C)[C@H](O)c1nnc(-c2ccncc2)o1. The molecular formula is C24H30N6O4. The predicted molar refractivity (Wildman–Crippen MR) is 124 cm³/mol. The third-order valence-corrected chi connectivity index (χ3v) is 4.84. The molecule has 10 nitrogen and oxygen atoms in total. The summed E-state index contributed by atoms with van der Waals surface area (Å²) in [4.78, 5) is 7.83. The van der Waals surface area contributed by atoms with Gasteiger partial charge in [-0.25, -0.2) is 0 Å². The maximum Gasteiger partial charge on any atom is 0.248 e. The van der Waals surface area contributed by atoms with Crippen LogP contribution in [0, 0.1) is 10.8 Å². The lowest BCUT2D eigenvalue weighted by Crippen LogP contribution is -2.18. The van der Waals surface area contributed by atoms with Crippen molar-refractivity contribution in [1.82, 2.24) is 30.4 Å². The summed E-state index contributed by atoms with van der Waals surface area (Å²) in [6, 6.07) is 7.11. The highest BCUT2D eigenvalue weighted by molar-refractivity contribution is 5.51. The first-order valence-electron chi connectivity index (χ1n) is 10.8. The van der Waals surface area contributed by atoms with Crippen LogP contribution in [0.2, 0.25) is 0 Å². The molecule has 4 aromatic rings. The van der Waals surface area contributed by atoms with Gasteiger partial charge in [0.2, 0.25) is 23.6 Å². The fourth-order valence-electron chi connectivity index (χ4n) is 2.65. The molecule has 4 aromatic heterocycles. The molecule has 10 heteroatoms. The Morgan fingerprint density at radius 3 is 1.21 bits per heavy atom. The molecule has 34 heavy (non-hydrogen) atoms. The zero-order valence-electron chi connectivity index (χ0n) is 20.2. The van der Waals surface area contributed by atoms with E-state index in [0.29, 0.717) is 11.8 Å². The number of aliphatic hydroxyl groups is 2. The summed E-state index contributed by atoms with van der Waals surface area (Å²) in [5.74, 6) is 1.27. The molecule has 0 saturated heterocycles. The maximum atomic E-state index is 10.0. The van der Waals surface area contributed by atoms with Crippen LogP contribution in [0.1, 0.15) is 65.5 Å². The quantitative estimate of drug-likeness (QED) is 0.443. The number of aromatic nitrogens is 6. The largest absolute Gasteiger partial charge is 0.418 e. The van der Waals surface area contributed by atoms with Gasteiger partial charge in [0, 0.05) is 35.9 Å². The van der Waals surface area contributed by atoms with Crippen molar-refractivity contribution >= 4 is 0 Å². The van der Waals surface area contributed by atoms with E-state index in [1.165, 1.54) is 0 Å². The van der Waals surface area contributed by atoms with Crippen molar-refractivity contribution in [1.29, 1.82) is 0 Å². The summed E-state index contributed by atoms with van der Waals surface area (Å²) in [5.41, 5.74) is 0.920. The minimum absolute atomic E-state index is 0.240. The van der Waals surface area contributed by atoms with E-state index in [1.54, 1.807) is 49.1 Å². The van der Waals surface area contributed by atoms with Crippen molar-refractivity contribution < 1.29 is 19.0 Å². The van der Waals surface area contributed by atoms with Crippen LogP contribution in [0.5, 0.6) is 0 Å². The highest BCUT2D eigenvalue weighted by atomic mass is 16.4. The molecule has 0 unspecified atom stereocenters. The Morgan fingerprint density at radius 1 is 0.588 bits per heavy atom. The number of rotatable bonds is 4. The van der Waals surface area contributed by atoms with Gasteiger partial charge in [0.1, 0.15) is 12.2 Å². The van der Waals surface area contributed by atoms with Gasteiger partial charge < -0.3 is 19.0 Å². The molecular weight excluding hydrogens is 436 g/mol. The number of hydrogen-bond acceptors (Lipinski definition) is 10. The highest BCUT2D eigenvalue weighted by Gasteiger charge is 2.30. The van der Waals surface area contributed by atoms with Gasteiger partial charge in [-0.05, 0) is 35.1 Å². The molecule has 0 fully saturated rings. The minimum Gasteiger partial charge on any atom is -0.418 e. The maximum absolute atomic E-state index is 10.0. The fourth-order valence-corrected chi connectivity index (χ4v) is 2.65. The van der Waals surface area contributed by atoms with Crippen LogP contribution in [0.25, 0.3) is 22.9 Å². The van der Waals surface area contributed by atoms with Crippen molar-refractivity contribution in [3.63, 3.8) is 0 Å². The fraction of sp³-hybridized carbons (Fsp3) is 0.417. The first kappa shape index (κ1) is 25.1. The van der Waals surface area contributed by atoms with Crippen LogP contribution in [0.15, 0.2) is 57.9 Å². The second kappa shape index (κ2) is 10.2. The van der Waals surface area contributed by atoms with Crippen molar-refractivity contribution in [3.8, 4) is 22.9 Å². The molecule has 0 radical (unpaired) electrons. The second-order valence-corrected chi connectivity index (χ2v) is 9.90. The van der Waals surface area contributed by atoms with E-state index in [1.807, 2.05) is 41.5 Å². The molecule has 0 aromatic carbocycles. The van der Waals surface area contributed by atoms with Crippen LogP contribution in [0.3, 0.4) is 0 Å². The molecule has 0 aliphatic rings. The predicted octanol–water partition coefficient (Wildman–Crippen LogP) is 4.42. The number of aliphatic hydroxyl groups excluding tert-OH is 2. The first-order chi connectivity index (χ1) is 16.0. The zero-order valence-corrected chi connectivity index (χ0v) is 20.2. The lowest BCUT2D eigenvalue weighted by molar-refractivity contribution is 0.0391. The van der Waals surface area contributed by atoms with E-state index in [2.05, 4.69) is 30.4 Å². The average Bonchev–Trinajstić information content (AvgIpc) is 3.49. The normalized spacial score (nSPS) is 13.6. The van der Waals surface area contributed by atoms with Gasteiger partial charge in [-0.2, -0.15) is 0 Å². The Labute approximate surface area is 198 Å². The van der Waals surface area contributed by atoms with Crippen molar-refractivity contribution in [2.45, 2.75) is 53.8 Å². The number of nitrogens with zero attached hydrogens (tertiary/aromatic N) is 6. The summed E-state index contributed by atoms with van der Waals surface area (Å²) in [7, 11) is 0. The van der Waals surface area contributed by atoms with E-state index in [9.17, 15) is 10.2 Å². The molecule has 4 rings (SSSR count). The third-order valence-electron chi connectivity index (χ3n) is 4.84. The Bertz CT molecular complexity index is 1070. The zero-order chi connectivity index (χ0) is 24.9. The highest BCUT2D eigenvalue weighted by Crippen LogP contribution is 2.33. The molecule has 4 heterocycles. The monoisotopic (exact) mass is 466 g/mol. The van der Waals surface area contributed by atoms with E-state index in [0.717, 1.165) is 11.1 Å². The van der Waals surface area contributed by atoms with Crippen LogP contribution in [-0.2, 0) is 0 Å². The van der Waals surface area contributed by atoms with Crippen LogP contribution in [-0.4, -0.2) is 40.6 Å². The molecule has 0 spiro atoms. The van der Waals surface area contributed by atoms with E-state index < -0.39 is 12.2 Å². The average molecular weight is 467 g/mol. The molecule has 0 saturated carbocycles. The van der Waals surface area contributed by atoms with Gasteiger partial charge in [0.05, 0.1) is 0 Å². The van der Waals surface area contributed by atoms with Gasteiger partial charge in [0.15, 0.2) is 0 Å². The van der Waals surface area contributed by atoms with E-state index in [4.69, 9.17) is 8.83 Å². The Balaban J connectivity index is 0.000000191. The molecule has 2 N–H and O–H groups in total. The number of pyridine rings is 2. The van der Waals surface area contributed by atoms with Gasteiger partial charge in [0.25, 0.3) is 0 Å². The minimum atomic E-state index is -0.773. The molecule has 2 atom stereocenters. The standard InChI is InChI=1S/2C12H15N3O2/c2*1-12(2,3)9(16)11-15-14-10(17-11)8-4-6-13-7-5-8/h2*4-7,9,16H,1-3H3/t2*9-/m10/s1. The molecule has 0 aliphatic carbocycles. The first-order valence-corrected chi connectivity index (χ1v) is 10.8. The molecule has 0 amide bonds.